The Balaban J connectivity index is 2.62. The molecule has 0 saturated heterocycles. The molecule has 0 saturated carbocycles. The van der Waals surface area contributed by atoms with Gasteiger partial charge >= 0.3 is 6.09 Å². The summed E-state index contributed by atoms with van der Waals surface area (Å²) in [6.45, 7) is 13.8. The zero-order valence-electron chi connectivity index (χ0n) is 26.9. The predicted molar refractivity (Wildman–Crippen MR) is 169 cm³/mol. The number of hydrogen-bond donors (Lipinski definition) is 4. The van der Waals surface area contributed by atoms with Crippen LogP contribution in [0, 0.1) is 5.92 Å². The van der Waals surface area contributed by atoms with Crippen molar-refractivity contribution in [1.82, 2.24) is 15.5 Å². The van der Waals surface area contributed by atoms with Gasteiger partial charge in [0.25, 0.3) is 0 Å². The smallest absolute Gasteiger partial charge is 0.408 e. The first-order chi connectivity index (χ1) is 20.2. The number of unbranched alkanes of at least 4 members (excludes halogenated alkanes) is 2. The second-order valence-electron chi connectivity index (χ2n) is 12.6. The molecule has 0 aliphatic rings. The Labute approximate surface area is 257 Å². The highest BCUT2D eigenvalue weighted by Crippen LogP contribution is 2.33. The van der Waals surface area contributed by atoms with Crippen LogP contribution in [0.1, 0.15) is 97.7 Å². The van der Waals surface area contributed by atoms with E-state index in [9.17, 15) is 24.6 Å². The lowest BCUT2D eigenvalue weighted by atomic mass is 9.95. The average molecular weight is 598 g/mol. The monoisotopic (exact) mass is 597 g/mol. The molecular weight excluding hydrogens is 546 g/mol. The first kappa shape index (κ1) is 35.4. The molecule has 3 unspecified atom stereocenters. The number of carbonyl (C=O) groups is 3. The topological polar surface area (TPSA) is 128 Å². The molecule has 0 radical (unpaired) electrons. The van der Waals surface area contributed by atoms with E-state index in [2.05, 4.69) is 31.4 Å². The highest BCUT2D eigenvalue weighted by molar-refractivity contribution is 5.93. The number of benzene rings is 2. The molecule has 0 spiro atoms. The van der Waals surface area contributed by atoms with Crippen LogP contribution < -0.4 is 10.6 Å². The van der Waals surface area contributed by atoms with Crippen LogP contribution >= 0.6 is 0 Å². The molecule has 3 atom stereocenters. The van der Waals surface area contributed by atoms with E-state index in [0.717, 1.165) is 25.7 Å². The zero-order valence-corrected chi connectivity index (χ0v) is 26.9. The van der Waals surface area contributed by atoms with Gasteiger partial charge in [-0.3, -0.25) is 9.59 Å². The second-order valence-corrected chi connectivity index (χ2v) is 12.6. The number of para-hydroxylation sites is 1. The summed E-state index contributed by atoms with van der Waals surface area (Å²) >= 11 is 0. The Kier molecular flexibility index (Phi) is 13.8. The molecule has 9 nitrogen and oxygen atoms in total. The molecule has 3 amide bonds. The Morgan fingerprint density at radius 3 is 2.16 bits per heavy atom. The van der Waals surface area contributed by atoms with E-state index >= 15 is 0 Å². The fraction of sp³-hybridized carbons (Fsp3) is 0.559. The third-order valence-electron chi connectivity index (χ3n) is 7.09. The number of nitrogens with zero attached hydrogens (tertiary/aromatic N) is 1. The molecule has 0 aromatic heterocycles. The van der Waals surface area contributed by atoms with E-state index in [1.165, 1.54) is 23.1 Å². The first-order valence-electron chi connectivity index (χ1n) is 15.4. The standard InChI is InChI=1S/C34H51N3O6/c1-8-9-12-21-35-31(40)30(27-13-10-11-14-29(27)39)37(24(4)16-15-23(2)3)32(41)28(36-33(42)43-34(5,6)7)22-25-17-19-26(38)20-18-25/h10-11,13-14,17-20,23-24,28,30,38-39H,8-9,12,15-16,21-22H2,1-7H3,(H,35,40)(H,36,42). The summed E-state index contributed by atoms with van der Waals surface area (Å²) in [4.78, 5) is 43.1. The molecule has 0 bridgehead atoms. The van der Waals surface area contributed by atoms with E-state index in [0.29, 0.717) is 30.0 Å². The summed E-state index contributed by atoms with van der Waals surface area (Å²) in [5.41, 5.74) is 0.211. The van der Waals surface area contributed by atoms with Gasteiger partial charge in [-0.25, -0.2) is 4.79 Å². The van der Waals surface area contributed by atoms with E-state index in [-0.39, 0.29) is 17.9 Å². The molecule has 9 heteroatoms. The van der Waals surface area contributed by atoms with Gasteiger partial charge in [-0.2, -0.15) is 0 Å². The summed E-state index contributed by atoms with van der Waals surface area (Å²) in [7, 11) is 0. The van der Waals surface area contributed by atoms with Crippen molar-refractivity contribution in [3.8, 4) is 11.5 Å². The van der Waals surface area contributed by atoms with Crippen LogP contribution in [-0.4, -0.2) is 57.3 Å². The predicted octanol–water partition coefficient (Wildman–Crippen LogP) is 6.23. The fourth-order valence-corrected chi connectivity index (χ4v) is 4.83. The number of hydrogen-bond acceptors (Lipinski definition) is 6. The maximum Gasteiger partial charge on any atom is 0.408 e. The minimum Gasteiger partial charge on any atom is -0.508 e. The second kappa shape index (κ2) is 16.8. The van der Waals surface area contributed by atoms with E-state index in [1.807, 2.05) is 6.92 Å². The van der Waals surface area contributed by atoms with Crippen molar-refractivity contribution in [1.29, 1.82) is 0 Å². The van der Waals surface area contributed by atoms with Gasteiger partial charge in [-0.15, -0.1) is 0 Å². The van der Waals surface area contributed by atoms with E-state index in [4.69, 9.17) is 4.74 Å². The van der Waals surface area contributed by atoms with E-state index < -0.39 is 41.6 Å². The average Bonchev–Trinajstić information content (AvgIpc) is 2.92. The minimum absolute atomic E-state index is 0.0787. The molecule has 4 N–H and O–H groups in total. The van der Waals surface area contributed by atoms with Crippen LogP contribution in [0.3, 0.4) is 0 Å². The van der Waals surface area contributed by atoms with Crippen molar-refractivity contribution in [2.45, 2.75) is 111 Å². The number of alkyl carbamates (subject to hydrolysis) is 1. The Morgan fingerprint density at radius 2 is 1.58 bits per heavy atom. The third kappa shape index (κ3) is 11.8. The molecule has 238 valence electrons. The number of phenols is 2. The number of rotatable bonds is 15. The Hall–Kier alpha value is -3.75. The van der Waals surface area contributed by atoms with Crippen molar-refractivity contribution in [2.24, 2.45) is 5.92 Å². The molecule has 2 aromatic rings. The zero-order chi connectivity index (χ0) is 32.2. The van der Waals surface area contributed by atoms with Gasteiger partial charge in [0.15, 0.2) is 0 Å². The van der Waals surface area contributed by atoms with Gasteiger partial charge in [0.1, 0.15) is 29.2 Å². The van der Waals surface area contributed by atoms with Crippen molar-refractivity contribution in [3.05, 3.63) is 59.7 Å². The van der Waals surface area contributed by atoms with Crippen LogP contribution in [0.4, 0.5) is 4.79 Å². The Morgan fingerprint density at radius 1 is 0.930 bits per heavy atom. The van der Waals surface area contributed by atoms with Crippen LogP contribution in [-0.2, 0) is 20.7 Å². The number of nitrogens with one attached hydrogen (secondary N) is 2. The SMILES string of the molecule is CCCCCNC(=O)C(c1ccccc1O)N(C(=O)C(Cc1ccc(O)cc1)NC(=O)OC(C)(C)C)C(C)CCC(C)C. The number of phenolic OH excluding ortho intramolecular Hbond substituents is 2. The number of aromatic hydroxyl groups is 2. The summed E-state index contributed by atoms with van der Waals surface area (Å²) in [5.74, 6) is -0.538. The first-order valence-corrected chi connectivity index (χ1v) is 15.4. The molecular formula is C34H51N3O6. The van der Waals surface area contributed by atoms with Gasteiger partial charge in [0, 0.05) is 24.6 Å². The fourth-order valence-electron chi connectivity index (χ4n) is 4.83. The lowest BCUT2D eigenvalue weighted by molar-refractivity contribution is -0.145. The van der Waals surface area contributed by atoms with E-state index in [1.54, 1.807) is 51.1 Å². The van der Waals surface area contributed by atoms with Crippen molar-refractivity contribution < 1.29 is 29.3 Å². The van der Waals surface area contributed by atoms with Gasteiger partial charge in [0.2, 0.25) is 11.8 Å². The van der Waals surface area contributed by atoms with Crippen molar-refractivity contribution in [2.75, 3.05) is 6.54 Å². The van der Waals surface area contributed by atoms with Crippen molar-refractivity contribution in [3.63, 3.8) is 0 Å². The summed E-state index contributed by atoms with van der Waals surface area (Å²) in [5, 5.41) is 26.4. The molecule has 43 heavy (non-hydrogen) atoms. The number of carbonyl (C=O) groups excluding carboxylic acids is 3. The maximum absolute atomic E-state index is 14.7. The van der Waals surface area contributed by atoms with Gasteiger partial charge in [-0.05, 0) is 76.6 Å². The molecule has 0 aliphatic carbocycles. The number of ether oxygens (including phenoxy) is 1. The lowest BCUT2D eigenvalue weighted by Gasteiger charge is -2.39. The molecule has 0 fully saturated rings. The van der Waals surface area contributed by atoms with Crippen LogP contribution in [0.25, 0.3) is 0 Å². The molecule has 0 aliphatic heterocycles. The third-order valence-corrected chi connectivity index (χ3v) is 7.09. The summed E-state index contributed by atoms with van der Waals surface area (Å²) in [6, 6.07) is 10.3. The van der Waals surface area contributed by atoms with Crippen LogP contribution in [0.15, 0.2) is 48.5 Å². The highest BCUT2D eigenvalue weighted by atomic mass is 16.6. The highest BCUT2D eigenvalue weighted by Gasteiger charge is 2.40. The van der Waals surface area contributed by atoms with Crippen LogP contribution in [0.2, 0.25) is 0 Å². The Bertz CT molecular complexity index is 1180. The molecule has 2 aromatic carbocycles. The minimum atomic E-state index is -1.14. The molecule has 0 heterocycles. The largest absolute Gasteiger partial charge is 0.508 e. The molecule has 2 rings (SSSR count). The quantitative estimate of drug-likeness (QED) is 0.180. The van der Waals surface area contributed by atoms with Crippen LogP contribution in [0.5, 0.6) is 11.5 Å². The maximum atomic E-state index is 14.7. The lowest BCUT2D eigenvalue weighted by Crippen LogP contribution is -2.56. The van der Waals surface area contributed by atoms with Gasteiger partial charge in [-0.1, -0.05) is 63.9 Å². The van der Waals surface area contributed by atoms with Gasteiger partial charge in [0.05, 0.1) is 0 Å². The number of amides is 3. The summed E-state index contributed by atoms with van der Waals surface area (Å²) < 4.78 is 5.50. The summed E-state index contributed by atoms with van der Waals surface area (Å²) in [6.07, 6.45) is 3.47. The van der Waals surface area contributed by atoms with Crippen molar-refractivity contribution >= 4 is 17.9 Å². The normalized spacial score (nSPS) is 13.6. The van der Waals surface area contributed by atoms with Gasteiger partial charge < -0.3 is 30.5 Å².